The molecule has 0 fully saturated rings. The maximum atomic E-state index is 5.51. The van der Waals surface area contributed by atoms with Crippen molar-refractivity contribution >= 4 is 0 Å². The number of hydrogen-bond acceptors (Lipinski definition) is 5. The maximum Gasteiger partial charge on any atom is 0.0894 e. The first-order valence-corrected chi connectivity index (χ1v) is 6.14. The van der Waals surface area contributed by atoms with Gasteiger partial charge in [-0.3, -0.25) is 0 Å². The van der Waals surface area contributed by atoms with Crippen molar-refractivity contribution < 1.29 is 0 Å². The lowest BCUT2D eigenvalue weighted by Crippen LogP contribution is -2.35. The Balaban J connectivity index is 1.93. The minimum Gasteiger partial charge on any atom is -0.357 e. The van der Waals surface area contributed by atoms with E-state index in [0.29, 0.717) is 0 Å². The van der Waals surface area contributed by atoms with Gasteiger partial charge in [0.1, 0.15) is 0 Å². The van der Waals surface area contributed by atoms with Crippen LogP contribution >= 0.6 is 0 Å². The molecule has 0 amide bonds. The maximum absolute atomic E-state index is 5.51. The molecule has 0 saturated heterocycles. The summed E-state index contributed by atoms with van der Waals surface area (Å²) in [7, 11) is 0. The van der Waals surface area contributed by atoms with E-state index in [1.54, 1.807) is 0 Å². The lowest BCUT2D eigenvalue weighted by Gasteiger charge is -2.20. The molecule has 0 aromatic rings. The number of likely N-dealkylation sites (N-methyl/N-ethyl adjacent to an activating group) is 1. The quantitative estimate of drug-likeness (QED) is 0.450. The monoisotopic (exact) mass is 227 g/mol. The third-order valence-corrected chi connectivity index (χ3v) is 2.57. The SMILES string of the molecule is CCNCCNCCN1C=CN(CCN)C1. The summed E-state index contributed by atoms with van der Waals surface area (Å²) < 4.78 is 0. The van der Waals surface area contributed by atoms with E-state index in [0.717, 1.165) is 52.5 Å². The van der Waals surface area contributed by atoms with Gasteiger partial charge in [-0.15, -0.1) is 0 Å². The lowest BCUT2D eigenvalue weighted by atomic mass is 10.5. The van der Waals surface area contributed by atoms with Gasteiger partial charge in [-0.25, -0.2) is 0 Å². The highest BCUT2D eigenvalue weighted by Gasteiger charge is 2.09. The summed E-state index contributed by atoms with van der Waals surface area (Å²) in [6.45, 7) is 10.00. The molecule has 16 heavy (non-hydrogen) atoms. The average Bonchev–Trinajstić information content (AvgIpc) is 2.72. The first-order valence-electron chi connectivity index (χ1n) is 6.14. The second-order valence-corrected chi connectivity index (χ2v) is 3.96. The van der Waals surface area contributed by atoms with Crippen LogP contribution in [0.3, 0.4) is 0 Å². The van der Waals surface area contributed by atoms with Crippen LogP contribution in [-0.4, -0.2) is 62.3 Å². The molecule has 94 valence electrons. The minimum absolute atomic E-state index is 0.721. The van der Waals surface area contributed by atoms with E-state index in [-0.39, 0.29) is 0 Å². The molecule has 5 nitrogen and oxygen atoms in total. The Hall–Kier alpha value is -0.780. The third kappa shape index (κ3) is 5.34. The normalized spacial score (nSPS) is 15.1. The van der Waals surface area contributed by atoms with E-state index in [4.69, 9.17) is 5.73 Å². The van der Waals surface area contributed by atoms with E-state index in [9.17, 15) is 0 Å². The minimum atomic E-state index is 0.721. The summed E-state index contributed by atoms with van der Waals surface area (Å²) in [5.41, 5.74) is 5.51. The Bertz CT molecular complexity index is 195. The van der Waals surface area contributed by atoms with Crippen LogP contribution in [0.25, 0.3) is 0 Å². The molecule has 0 spiro atoms. The number of rotatable bonds is 9. The van der Waals surface area contributed by atoms with Gasteiger partial charge in [0.2, 0.25) is 0 Å². The molecular weight excluding hydrogens is 202 g/mol. The highest BCUT2D eigenvalue weighted by molar-refractivity contribution is 4.90. The van der Waals surface area contributed by atoms with Gasteiger partial charge in [-0.2, -0.15) is 0 Å². The van der Waals surface area contributed by atoms with E-state index >= 15 is 0 Å². The van der Waals surface area contributed by atoms with Gasteiger partial charge in [0.25, 0.3) is 0 Å². The van der Waals surface area contributed by atoms with Crippen LogP contribution in [0.2, 0.25) is 0 Å². The van der Waals surface area contributed by atoms with Crippen molar-refractivity contribution in [3.05, 3.63) is 12.4 Å². The van der Waals surface area contributed by atoms with Crippen molar-refractivity contribution in [3.63, 3.8) is 0 Å². The second-order valence-electron chi connectivity index (χ2n) is 3.96. The molecule has 0 aromatic carbocycles. The van der Waals surface area contributed by atoms with Crippen LogP contribution in [-0.2, 0) is 0 Å². The van der Waals surface area contributed by atoms with Crippen LogP contribution in [0.15, 0.2) is 12.4 Å². The standard InChI is InChI=1S/C11H25N5/c1-2-13-4-5-14-6-8-16-10-9-15(11-16)7-3-12/h9-10,13-14H,2-8,11-12H2,1H3. The molecule has 1 rings (SSSR count). The molecule has 0 radical (unpaired) electrons. The Morgan fingerprint density at radius 1 is 1.06 bits per heavy atom. The highest BCUT2D eigenvalue weighted by atomic mass is 15.3. The van der Waals surface area contributed by atoms with Crippen molar-refractivity contribution in [3.8, 4) is 0 Å². The number of nitrogens with zero attached hydrogens (tertiary/aromatic N) is 2. The van der Waals surface area contributed by atoms with E-state index in [1.165, 1.54) is 0 Å². The Labute approximate surface area is 98.7 Å². The second kappa shape index (κ2) is 8.38. The molecule has 0 atom stereocenters. The molecule has 0 aliphatic carbocycles. The molecule has 0 aromatic heterocycles. The molecular formula is C11H25N5. The zero-order chi connectivity index (χ0) is 11.6. The van der Waals surface area contributed by atoms with E-state index in [2.05, 4.69) is 39.8 Å². The number of nitrogens with two attached hydrogens (primary N) is 1. The summed E-state index contributed by atoms with van der Waals surface area (Å²) in [4.78, 5) is 4.54. The van der Waals surface area contributed by atoms with Crippen molar-refractivity contribution in [2.45, 2.75) is 6.92 Å². The van der Waals surface area contributed by atoms with Gasteiger partial charge in [0, 0.05) is 51.7 Å². The third-order valence-electron chi connectivity index (χ3n) is 2.57. The van der Waals surface area contributed by atoms with Crippen molar-refractivity contribution in [2.24, 2.45) is 5.73 Å². The smallest absolute Gasteiger partial charge is 0.0894 e. The topological polar surface area (TPSA) is 56.6 Å². The van der Waals surface area contributed by atoms with Gasteiger partial charge in [-0.1, -0.05) is 6.92 Å². The lowest BCUT2D eigenvalue weighted by molar-refractivity contribution is 0.269. The van der Waals surface area contributed by atoms with E-state index < -0.39 is 0 Å². The van der Waals surface area contributed by atoms with Gasteiger partial charge in [0.15, 0.2) is 0 Å². The molecule has 4 N–H and O–H groups in total. The van der Waals surface area contributed by atoms with Crippen LogP contribution in [0.4, 0.5) is 0 Å². The van der Waals surface area contributed by atoms with Gasteiger partial charge >= 0.3 is 0 Å². The van der Waals surface area contributed by atoms with E-state index in [1.807, 2.05) is 0 Å². The van der Waals surface area contributed by atoms with Crippen LogP contribution < -0.4 is 16.4 Å². The fourth-order valence-electron chi connectivity index (χ4n) is 1.67. The van der Waals surface area contributed by atoms with Crippen molar-refractivity contribution in [1.29, 1.82) is 0 Å². The van der Waals surface area contributed by atoms with Crippen LogP contribution in [0.5, 0.6) is 0 Å². The fourth-order valence-corrected chi connectivity index (χ4v) is 1.67. The Kier molecular flexibility index (Phi) is 6.96. The van der Waals surface area contributed by atoms with Gasteiger partial charge in [0.05, 0.1) is 6.67 Å². The van der Waals surface area contributed by atoms with Gasteiger partial charge < -0.3 is 26.2 Å². The zero-order valence-corrected chi connectivity index (χ0v) is 10.3. The van der Waals surface area contributed by atoms with Crippen molar-refractivity contribution in [1.82, 2.24) is 20.4 Å². The van der Waals surface area contributed by atoms with Crippen molar-refractivity contribution in [2.75, 3.05) is 52.5 Å². The summed E-state index contributed by atoms with van der Waals surface area (Å²) in [5.74, 6) is 0. The largest absolute Gasteiger partial charge is 0.357 e. The molecule has 5 heteroatoms. The number of nitrogens with one attached hydrogen (secondary N) is 2. The first kappa shape index (κ1) is 13.3. The molecule has 0 saturated carbocycles. The van der Waals surface area contributed by atoms with Crippen LogP contribution in [0, 0.1) is 0 Å². The molecule has 1 aliphatic heterocycles. The fraction of sp³-hybridized carbons (Fsp3) is 0.818. The van der Waals surface area contributed by atoms with Crippen LogP contribution in [0.1, 0.15) is 6.92 Å². The summed E-state index contributed by atoms with van der Waals surface area (Å²) >= 11 is 0. The predicted molar refractivity (Wildman–Crippen MR) is 67.9 cm³/mol. The molecule has 0 bridgehead atoms. The zero-order valence-electron chi connectivity index (χ0n) is 10.3. The first-order chi connectivity index (χ1) is 7.86. The molecule has 1 heterocycles. The molecule has 1 aliphatic rings. The highest BCUT2D eigenvalue weighted by Crippen LogP contribution is 2.03. The average molecular weight is 227 g/mol. The Morgan fingerprint density at radius 3 is 2.44 bits per heavy atom. The number of hydrogen-bond donors (Lipinski definition) is 3. The Morgan fingerprint density at radius 2 is 1.75 bits per heavy atom. The molecule has 0 unspecified atom stereocenters. The van der Waals surface area contributed by atoms with Gasteiger partial charge in [-0.05, 0) is 6.54 Å². The predicted octanol–water partition coefficient (Wildman–Crippen LogP) is -0.809. The summed E-state index contributed by atoms with van der Waals surface area (Å²) in [6.07, 6.45) is 4.26. The summed E-state index contributed by atoms with van der Waals surface area (Å²) in [5, 5.41) is 6.70. The summed E-state index contributed by atoms with van der Waals surface area (Å²) in [6, 6.07) is 0.